The molecule has 2 rings (SSSR count). The molecule has 0 radical (unpaired) electrons. The zero-order chi connectivity index (χ0) is 17.6. The monoisotopic (exact) mass is 351 g/mol. The summed E-state index contributed by atoms with van der Waals surface area (Å²) in [6, 6.07) is 5.10. The number of aromatic hydroxyl groups is 1. The van der Waals surface area contributed by atoms with Gasteiger partial charge in [-0.2, -0.15) is 0 Å². The standard InChI is InChI=1S/C18H25NO4S/c1-3-4-5-6-7-10-23-13-8-9-14(15(20)11-13)16-19-18(2,12-24-16)17(21)22/h8-9,11,20H,3-7,10,12H2,1-2H3,(H,21,22)/t18-/m1/s1. The van der Waals surface area contributed by atoms with Crippen LogP contribution in [0.5, 0.6) is 11.5 Å². The van der Waals surface area contributed by atoms with Gasteiger partial charge in [0.05, 0.1) is 6.61 Å². The molecule has 24 heavy (non-hydrogen) atoms. The molecule has 0 amide bonds. The van der Waals surface area contributed by atoms with Gasteiger partial charge in [0, 0.05) is 17.4 Å². The zero-order valence-corrected chi connectivity index (χ0v) is 15.1. The number of aliphatic imine (C=N–C) groups is 1. The molecule has 0 aromatic heterocycles. The largest absolute Gasteiger partial charge is 0.507 e. The Kier molecular flexibility index (Phi) is 6.54. The molecule has 1 atom stereocenters. The van der Waals surface area contributed by atoms with Gasteiger partial charge in [-0.3, -0.25) is 4.99 Å². The summed E-state index contributed by atoms with van der Waals surface area (Å²) in [6.45, 7) is 4.41. The van der Waals surface area contributed by atoms with Crippen LogP contribution in [0.2, 0.25) is 0 Å². The lowest BCUT2D eigenvalue weighted by Gasteiger charge is -2.11. The molecular formula is C18H25NO4S. The Morgan fingerprint density at radius 2 is 2.08 bits per heavy atom. The van der Waals surface area contributed by atoms with E-state index in [1.54, 1.807) is 25.1 Å². The van der Waals surface area contributed by atoms with Gasteiger partial charge in [0.1, 0.15) is 16.5 Å². The Bertz CT molecular complexity index is 617. The van der Waals surface area contributed by atoms with E-state index in [2.05, 4.69) is 11.9 Å². The number of phenols is 1. The van der Waals surface area contributed by atoms with Crippen molar-refractivity contribution >= 4 is 22.8 Å². The van der Waals surface area contributed by atoms with E-state index < -0.39 is 11.5 Å². The number of thioether (sulfide) groups is 1. The van der Waals surface area contributed by atoms with Gasteiger partial charge in [-0.15, -0.1) is 11.8 Å². The molecule has 1 aromatic rings. The van der Waals surface area contributed by atoms with Crippen molar-refractivity contribution in [3.8, 4) is 11.5 Å². The highest BCUT2D eigenvalue weighted by Gasteiger charge is 2.38. The van der Waals surface area contributed by atoms with Crippen LogP contribution in [0.3, 0.4) is 0 Å². The lowest BCUT2D eigenvalue weighted by molar-refractivity contribution is -0.141. The average Bonchev–Trinajstić information content (AvgIpc) is 2.94. The van der Waals surface area contributed by atoms with Crippen LogP contribution in [-0.2, 0) is 4.79 Å². The third-order valence-corrected chi connectivity index (χ3v) is 5.31. The summed E-state index contributed by atoms with van der Waals surface area (Å²) in [6.07, 6.45) is 5.86. The minimum absolute atomic E-state index is 0.0689. The van der Waals surface area contributed by atoms with Crippen LogP contribution in [0, 0.1) is 0 Å². The van der Waals surface area contributed by atoms with Crippen molar-refractivity contribution in [1.29, 1.82) is 0 Å². The first kappa shape index (κ1) is 18.6. The summed E-state index contributed by atoms with van der Waals surface area (Å²) < 4.78 is 5.66. The smallest absolute Gasteiger partial charge is 0.332 e. The second-order valence-electron chi connectivity index (χ2n) is 6.23. The van der Waals surface area contributed by atoms with Gasteiger partial charge in [-0.1, -0.05) is 32.6 Å². The number of rotatable bonds is 9. The van der Waals surface area contributed by atoms with Crippen LogP contribution >= 0.6 is 11.8 Å². The van der Waals surface area contributed by atoms with E-state index in [1.807, 2.05) is 0 Å². The number of carbonyl (C=O) groups is 1. The van der Waals surface area contributed by atoms with Gasteiger partial charge < -0.3 is 14.9 Å². The van der Waals surface area contributed by atoms with Crippen LogP contribution in [0.25, 0.3) is 0 Å². The molecule has 2 N–H and O–H groups in total. The molecule has 132 valence electrons. The minimum atomic E-state index is -1.12. The van der Waals surface area contributed by atoms with Gasteiger partial charge >= 0.3 is 5.97 Å². The van der Waals surface area contributed by atoms with Crippen molar-refractivity contribution in [3.05, 3.63) is 23.8 Å². The third-order valence-electron chi connectivity index (χ3n) is 4.02. The predicted octanol–water partition coefficient (Wildman–Crippen LogP) is 4.08. The van der Waals surface area contributed by atoms with Crippen molar-refractivity contribution in [2.24, 2.45) is 4.99 Å². The first-order valence-corrected chi connectivity index (χ1v) is 9.37. The zero-order valence-electron chi connectivity index (χ0n) is 14.2. The number of unbranched alkanes of at least 4 members (excludes halogenated alkanes) is 4. The SMILES string of the molecule is CCCCCCCOc1ccc(C2=N[C@@](C)(C(=O)O)CS2)c(O)c1. The number of benzene rings is 1. The van der Waals surface area contributed by atoms with E-state index in [4.69, 9.17) is 4.74 Å². The maximum Gasteiger partial charge on any atom is 0.332 e. The highest BCUT2D eigenvalue weighted by Crippen LogP contribution is 2.35. The van der Waals surface area contributed by atoms with E-state index in [0.717, 1.165) is 12.8 Å². The molecule has 0 aliphatic carbocycles. The molecule has 0 bridgehead atoms. The molecule has 0 saturated carbocycles. The fourth-order valence-corrected chi connectivity index (χ4v) is 3.62. The normalized spacial score (nSPS) is 20.0. The summed E-state index contributed by atoms with van der Waals surface area (Å²) in [5, 5.41) is 20.0. The highest BCUT2D eigenvalue weighted by molar-refractivity contribution is 8.14. The van der Waals surface area contributed by atoms with Crippen molar-refractivity contribution in [2.45, 2.75) is 51.5 Å². The molecule has 6 heteroatoms. The number of hydrogen-bond acceptors (Lipinski definition) is 5. The summed E-state index contributed by atoms with van der Waals surface area (Å²) in [7, 11) is 0. The molecule has 1 heterocycles. The van der Waals surface area contributed by atoms with E-state index in [1.165, 1.54) is 31.0 Å². The molecule has 1 aliphatic rings. The lowest BCUT2D eigenvalue weighted by atomic mass is 10.1. The Labute approximate surface area is 147 Å². The lowest BCUT2D eigenvalue weighted by Crippen LogP contribution is -2.33. The fraction of sp³-hybridized carbons (Fsp3) is 0.556. The van der Waals surface area contributed by atoms with Crippen molar-refractivity contribution in [3.63, 3.8) is 0 Å². The van der Waals surface area contributed by atoms with Crippen LogP contribution in [0.4, 0.5) is 0 Å². The number of nitrogens with zero attached hydrogens (tertiary/aromatic N) is 1. The van der Waals surface area contributed by atoms with Gasteiger partial charge in [-0.25, -0.2) is 4.79 Å². The summed E-state index contributed by atoms with van der Waals surface area (Å²) >= 11 is 1.35. The number of carboxylic acids is 1. The minimum Gasteiger partial charge on any atom is -0.507 e. The Morgan fingerprint density at radius 3 is 2.71 bits per heavy atom. The second kappa shape index (κ2) is 8.42. The Balaban J connectivity index is 1.94. The number of ether oxygens (including phenoxy) is 1. The Hall–Kier alpha value is -1.69. The topological polar surface area (TPSA) is 79.1 Å². The molecule has 0 saturated heterocycles. The van der Waals surface area contributed by atoms with Gasteiger partial charge in [0.15, 0.2) is 5.54 Å². The molecular weight excluding hydrogens is 326 g/mol. The van der Waals surface area contributed by atoms with E-state index in [0.29, 0.717) is 28.7 Å². The maximum absolute atomic E-state index is 11.2. The first-order chi connectivity index (χ1) is 11.5. The molecule has 0 spiro atoms. The quantitative estimate of drug-likeness (QED) is 0.655. The number of phenolic OH excluding ortho intramolecular Hbond substituents is 1. The van der Waals surface area contributed by atoms with Crippen LogP contribution in [-0.4, -0.2) is 39.1 Å². The van der Waals surface area contributed by atoms with Crippen molar-refractivity contribution in [1.82, 2.24) is 0 Å². The molecule has 0 fully saturated rings. The molecule has 5 nitrogen and oxygen atoms in total. The predicted molar refractivity (Wildman–Crippen MR) is 97.4 cm³/mol. The molecule has 1 aromatic carbocycles. The van der Waals surface area contributed by atoms with E-state index in [-0.39, 0.29) is 5.75 Å². The third kappa shape index (κ3) is 4.66. The van der Waals surface area contributed by atoms with Gasteiger partial charge in [0.2, 0.25) is 0 Å². The number of aliphatic carboxylic acids is 1. The van der Waals surface area contributed by atoms with Crippen LogP contribution in [0.15, 0.2) is 23.2 Å². The first-order valence-electron chi connectivity index (χ1n) is 8.38. The van der Waals surface area contributed by atoms with E-state index in [9.17, 15) is 15.0 Å². The van der Waals surface area contributed by atoms with E-state index >= 15 is 0 Å². The summed E-state index contributed by atoms with van der Waals surface area (Å²) in [4.78, 5) is 15.5. The molecule has 0 unspecified atom stereocenters. The van der Waals surface area contributed by atoms with Gasteiger partial charge in [0.25, 0.3) is 0 Å². The van der Waals surface area contributed by atoms with Crippen molar-refractivity contribution in [2.75, 3.05) is 12.4 Å². The second-order valence-corrected chi connectivity index (χ2v) is 7.19. The summed E-state index contributed by atoms with van der Waals surface area (Å²) in [5.74, 6) is 0.107. The molecule has 1 aliphatic heterocycles. The highest BCUT2D eigenvalue weighted by atomic mass is 32.2. The fourth-order valence-electron chi connectivity index (χ4n) is 2.42. The maximum atomic E-state index is 11.2. The number of carboxylic acid groups (broad SMARTS) is 1. The average molecular weight is 351 g/mol. The Morgan fingerprint density at radius 1 is 1.33 bits per heavy atom. The summed E-state index contributed by atoms with van der Waals surface area (Å²) in [5.41, 5.74) is -0.569. The van der Waals surface area contributed by atoms with Crippen LogP contribution < -0.4 is 4.74 Å². The van der Waals surface area contributed by atoms with Crippen LogP contribution in [0.1, 0.15) is 51.5 Å². The van der Waals surface area contributed by atoms with Gasteiger partial charge in [-0.05, 0) is 25.5 Å². The van der Waals surface area contributed by atoms with Crippen molar-refractivity contribution < 1.29 is 19.7 Å². The number of hydrogen-bond donors (Lipinski definition) is 2.